The molecule has 222 valence electrons. The first kappa shape index (κ1) is 28.7. The lowest BCUT2D eigenvalue weighted by molar-refractivity contribution is -0.149. The number of piperidine rings is 1. The first-order valence-electron chi connectivity index (χ1n) is 13.2. The third-order valence-corrected chi connectivity index (χ3v) is 6.97. The number of fused-ring (bicyclic) bond motifs is 4. The number of aromatic nitrogens is 4. The topological polar surface area (TPSA) is 144 Å². The smallest absolute Gasteiger partial charge is 0.408 e. The molecule has 41 heavy (non-hydrogen) atoms. The van der Waals surface area contributed by atoms with Gasteiger partial charge in [0.25, 0.3) is 5.91 Å². The molecule has 2 aromatic heterocycles. The van der Waals surface area contributed by atoms with Gasteiger partial charge < -0.3 is 24.4 Å². The number of rotatable bonds is 6. The van der Waals surface area contributed by atoms with Gasteiger partial charge in [0.05, 0.1) is 18.3 Å². The molecule has 3 amide bonds. The average molecular weight is 581 g/mol. The van der Waals surface area contributed by atoms with Crippen LogP contribution in [0.4, 0.5) is 35.3 Å². The third-order valence-electron chi connectivity index (χ3n) is 6.97. The van der Waals surface area contributed by atoms with Crippen LogP contribution in [-0.4, -0.2) is 88.6 Å². The number of ether oxygens (including phenoxy) is 3. The zero-order valence-electron chi connectivity index (χ0n) is 23.0. The Morgan fingerprint density at radius 3 is 2.68 bits per heavy atom. The highest BCUT2D eigenvalue weighted by molar-refractivity contribution is 6.04. The molecule has 0 saturated carbocycles. The molecular weight excluding hydrogens is 549 g/mol. The first-order valence-corrected chi connectivity index (χ1v) is 13.2. The number of carbonyl (C=O) groups excluding carboxylic acids is 2. The molecule has 1 unspecified atom stereocenters. The molecule has 2 N–H and O–H groups in total. The van der Waals surface area contributed by atoms with Crippen molar-refractivity contribution in [2.75, 3.05) is 41.4 Å². The van der Waals surface area contributed by atoms with E-state index in [2.05, 4.69) is 25.5 Å². The number of amides is 3. The zero-order chi connectivity index (χ0) is 29.5. The minimum Gasteiger partial charge on any atom is -0.474 e. The Bertz CT molecular complexity index is 1310. The van der Waals surface area contributed by atoms with E-state index in [9.17, 15) is 22.8 Å². The van der Waals surface area contributed by atoms with Crippen LogP contribution in [0.2, 0.25) is 0 Å². The fraction of sp³-hybridized carbons (Fsp3) is 0.600. The molecule has 2 saturated heterocycles. The second-order valence-corrected chi connectivity index (χ2v) is 10.6. The molecule has 2 fully saturated rings. The number of hydrogen-bond donors (Lipinski definition) is 2. The molecular formula is C25H31F3N8O5. The number of urea groups is 1. The van der Waals surface area contributed by atoms with Gasteiger partial charge in [0, 0.05) is 19.2 Å². The van der Waals surface area contributed by atoms with Crippen LogP contribution in [0.1, 0.15) is 49.9 Å². The van der Waals surface area contributed by atoms with E-state index in [4.69, 9.17) is 14.2 Å². The van der Waals surface area contributed by atoms with E-state index in [1.165, 1.54) is 11.0 Å². The predicted octanol–water partition coefficient (Wildman–Crippen LogP) is 2.81. The molecule has 16 heteroatoms. The highest BCUT2D eigenvalue weighted by Gasteiger charge is 2.41. The first-order chi connectivity index (χ1) is 19.3. The fourth-order valence-electron chi connectivity index (χ4n) is 5.00. The number of aryl methyl sites for hydroxylation is 1. The van der Waals surface area contributed by atoms with Gasteiger partial charge in [-0.1, -0.05) is 0 Å². The summed E-state index contributed by atoms with van der Waals surface area (Å²) in [7, 11) is 0. The quantitative estimate of drug-likeness (QED) is 0.523. The highest BCUT2D eigenvalue weighted by Crippen LogP contribution is 2.40. The maximum absolute atomic E-state index is 13.5. The van der Waals surface area contributed by atoms with Crippen molar-refractivity contribution >= 4 is 29.3 Å². The second-order valence-electron chi connectivity index (χ2n) is 10.6. The van der Waals surface area contributed by atoms with Crippen molar-refractivity contribution in [2.45, 2.75) is 70.7 Å². The van der Waals surface area contributed by atoms with Crippen LogP contribution >= 0.6 is 0 Å². The van der Waals surface area contributed by atoms with Gasteiger partial charge in [-0.15, -0.1) is 10.2 Å². The van der Waals surface area contributed by atoms with Crippen molar-refractivity contribution in [1.29, 1.82) is 0 Å². The van der Waals surface area contributed by atoms with Gasteiger partial charge in [-0.2, -0.15) is 13.2 Å². The Labute approximate surface area is 233 Å². The van der Waals surface area contributed by atoms with E-state index in [1.54, 1.807) is 13.0 Å². The van der Waals surface area contributed by atoms with E-state index in [0.717, 1.165) is 13.3 Å². The number of carbonyl (C=O) groups is 2. The Hall–Kier alpha value is -3.79. The van der Waals surface area contributed by atoms with Crippen LogP contribution in [0.15, 0.2) is 12.1 Å². The number of anilines is 3. The zero-order valence-corrected chi connectivity index (χ0v) is 23.0. The van der Waals surface area contributed by atoms with Crippen LogP contribution in [0.3, 0.4) is 0 Å². The number of halogens is 3. The third kappa shape index (κ3) is 6.27. The Kier molecular flexibility index (Phi) is 7.63. The van der Waals surface area contributed by atoms with Gasteiger partial charge in [0.15, 0.2) is 17.4 Å². The summed E-state index contributed by atoms with van der Waals surface area (Å²) in [5.41, 5.74) is 0.923. The van der Waals surface area contributed by atoms with Crippen molar-refractivity contribution in [1.82, 2.24) is 25.5 Å². The van der Waals surface area contributed by atoms with Crippen molar-refractivity contribution in [3.63, 3.8) is 0 Å². The molecule has 3 atom stereocenters. The summed E-state index contributed by atoms with van der Waals surface area (Å²) >= 11 is 0. The van der Waals surface area contributed by atoms with Gasteiger partial charge in [0.2, 0.25) is 11.7 Å². The molecule has 0 aliphatic carbocycles. The minimum absolute atomic E-state index is 0.144. The van der Waals surface area contributed by atoms with E-state index in [0.29, 0.717) is 37.5 Å². The summed E-state index contributed by atoms with van der Waals surface area (Å²) in [5.74, 6) is -1.71. The van der Waals surface area contributed by atoms with Crippen LogP contribution in [0, 0.1) is 6.92 Å². The molecule has 2 bridgehead atoms. The van der Waals surface area contributed by atoms with Gasteiger partial charge in [-0.25, -0.2) is 14.8 Å². The normalized spacial score (nSPS) is 22.1. The molecule has 2 aromatic rings. The fourth-order valence-corrected chi connectivity index (χ4v) is 5.00. The molecule has 5 heterocycles. The van der Waals surface area contributed by atoms with Gasteiger partial charge in [0.1, 0.15) is 24.4 Å². The van der Waals surface area contributed by atoms with E-state index < -0.39 is 35.8 Å². The Morgan fingerprint density at radius 1 is 1.24 bits per heavy atom. The van der Waals surface area contributed by atoms with E-state index in [1.807, 2.05) is 24.1 Å². The largest absolute Gasteiger partial charge is 0.474 e. The lowest BCUT2D eigenvalue weighted by Gasteiger charge is -2.46. The molecule has 13 nitrogen and oxygen atoms in total. The lowest BCUT2D eigenvalue weighted by atomic mass is 9.99. The van der Waals surface area contributed by atoms with Gasteiger partial charge in [-0.05, 0) is 46.6 Å². The molecule has 5 rings (SSSR count). The van der Waals surface area contributed by atoms with Crippen molar-refractivity contribution in [2.24, 2.45) is 0 Å². The molecule has 0 aromatic carbocycles. The molecule has 3 aliphatic rings. The average Bonchev–Trinajstić information content (AvgIpc) is 3.25. The van der Waals surface area contributed by atoms with Crippen molar-refractivity contribution in [3.8, 4) is 5.88 Å². The highest BCUT2D eigenvalue weighted by atomic mass is 19.4. The standard InChI is InChI=1S/C25H31F3N8O5/c1-13-19-21(32-20(29-13)22(37)30-14(2)25(26,27)28)36(15-6-5-9-35(19)10-15)23(38)31-17-7-8-18(34-33-17)39-11-16-12-40-24(3,4)41-16/h7-8,14-16H,5-6,9-12H2,1-4H3,(H,30,37)(H,31,33,38)/t14?,15-,16+/m0/s1. The maximum Gasteiger partial charge on any atom is 0.408 e. The lowest BCUT2D eigenvalue weighted by Crippen LogP contribution is -2.56. The Morgan fingerprint density at radius 2 is 2.02 bits per heavy atom. The molecule has 0 radical (unpaired) electrons. The van der Waals surface area contributed by atoms with Crippen molar-refractivity contribution in [3.05, 3.63) is 23.7 Å². The Balaban J connectivity index is 1.32. The van der Waals surface area contributed by atoms with Crippen molar-refractivity contribution < 1.29 is 37.0 Å². The van der Waals surface area contributed by atoms with Crippen LogP contribution in [-0.2, 0) is 9.47 Å². The van der Waals surface area contributed by atoms with Gasteiger partial charge >= 0.3 is 12.2 Å². The summed E-state index contributed by atoms with van der Waals surface area (Å²) in [6.45, 7) is 7.89. The number of alkyl halides is 3. The molecule has 3 aliphatic heterocycles. The van der Waals surface area contributed by atoms with Crippen LogP contribution in [0.25, 0.3) is 0 Å². The monoisotopic (exact) mass is 580 g/mol. The summed E-state index contributed by atoms with van der Waals surface area (Å²) in [6, 6.07) is 0.106. The van der Waals surface area contributed by atoms with Gasteiger partial charge in [-0.3, -0.25) is 15.0 Å². The minimum atomic E-state index is -4.63. The number of nitrogens with one attached hydrogen (secondary N) is 2. The summed E-state index contributed by atoms with van der Waals surface area (Å²) < 4.78 is 55.9. The number of hydrogen-bond acceptors (Lipinski definition) is 10. The second kappa shape index (κ2) is 10.9. The summed E-state index contributed by atoms with van der Waals surface area (Å²) in [5, 5.41) is 12.6. The molecule has 0 spiro atoms. The van der Waals surface area contributed by atoms with Crippen LogP contribution in [0.5, 0.6) is 5.88 Å². The summed E-state index contributed by atoms with van der Waals surface area (Å²) in [4.78, 5) is 38.1. The van der Waals surface area contributed by atoms with Crippen LogP contribution < -0.4 is 25.2 Å². The predicted molar refractivity (Wildman–Crippen MR) is 139 cm³/mol. The number of nitrogens with zero attached hydrogens (tertiary/aromatic N) is 6. The summed E-state index contributed by atoms with van der Waals surface area (Å²) in [6.07, 6.45) is -3.42. The van der Waals surface area contributed by atoms with E-state index in [-0.39, 0.29) is 36.3 Å². The SMILES string of the molecule is Cc1nc(C(=O)NC(C)C(F)(F)F)nc2c1N1CCC[C@@H](C1)N2C(=O)Nc1ccc(OC[C@@H]2COC(C)(C)O2)nn1. The van der Waals surface area contributed by atoms with E-state index >= 15 is 0 Å². The maximum atomic E-state index is 13.5.